The lowest BCUT2D eigenvalue weighted by Crippen LogP contribution is -2.46. The maximum Gasteiger partial charge on any atom is 0.192 e. The van der Waals surface area contributed by atoms with Gasteiger partial charge in [0.15, 0.2) is 19.9 Å². The van der Waals surface area contributed by atoms with Gasteiger partial charge in [-0.2, -0.15) is 0 Å². The lowest BCUT2D eigenvalue weighted by molar-refractivity contribution is 0.0943. The molecular weight excluding hydrogens is 340 g/mol. The van der Waals surface area contributed by atoms with E-state index in [9.17, 15) is 9.59 Å². The minimum absolute atomic E-state index is 0.0101. The normalized spacial score (nSPS) is 21.5. The minimum Gasteiger partial charge on any atom is -0.413 e. The van der Waals surface area contributed by atoms with Crippen molar-refractivity contribution < 1.29 is 14.0 Å². The molecule has 0 aromatic heterocycles. The molecule has 3 nitrogen and oxygen atoms in total. The van der Waals surface area contributed by atoms with Gasteiger partial charge in [-0.3, -0.25) is 9.59 Å². The molecule has 2 aliphatic carbocycles. The van der Waals surface area contributed by atoms with Crippen molar-refractivity contribution in [3.8, 4) is 0 Å². The lowest BCUT2D eigenvalue weighted by Gasteiger charge is -2.41. The summed E-state index contributed by atoms with van der Waals surface area (Å²) < 4.78 is 6.55. The Bertz CT molecular complexity index is 824. The van der Waals surface area contributed by atoms with E-state index in [-0.39, 0.29) is 28.6 Å². The first-order valence-electron chi connectivity index (χ1n) is 9.30. The zero-order valence-corrected chi connectivity index (χ0v) is 17.6. The van der Waals surface area contributed by atoms with Crippen LogP contribution in [-0.2, 0) is 4.43 Å². The van der Waals surface area contributed by atoms with Crippen LogP contribution < -0.4 is 0 Å². The fourth-order valence-electron chi connectivity index (χ4n) is 3.54. The Morgan fingerprint density at radius 1 is 1.08 bits per heavy atom. The number of carbonyl (C=O) groups excluding carboxylic acids is 2. The van der Waals surface area contributed by atoms with Gasteiger partial charge in [0.2, 0.25) is 0 Å². The molecule has 0 aliphatic heterocycles. The number of ketones is 2. The Kier molecular flexibility index (Phi) is 4.70. The van der Waals surface area contributed by atoms with Crippen LogP contribution in [-0.4, -0.2) is 26.0 Å². The van der Waals surface area contributed by atoms with E-state index in [1.807, 2.05) is 25.1 Å². The average molecular weight is 369 g/mol. The molecule has 0 bridgehead atoms. The molecule has 0 heterocycles. The molecule has 0 fully saturated rings. The molecule has 0 saturated carbocycles. The summed E-state index contributed by atoms with van der Waals surface area (Å²) in [6.07, 6.45) is 4.45. The summed E-state index contributed by atoms with van der Waals surface area (Å²) in [7, 11) is -1.97. The molecule has 0 unspecified atom stereocenters. The third-order valence-corrected chi connectivity index (χ3v) is 10.6. The summed E-state index contributed by atoms with van der Waals surface area (Å²) in [5.41, 5.74) is 2.34. The zero-order chi connectivity index (χ0) is 19.3. The molecule has 1 aromatic rings. The summed E-state index contributed by atoms with van der Waals surface area (Å²) in [5.74, 6) is -0.197. The van der Waals surface area contributed by atoms with Gasteiger partial charge < -0.3 is 4.43 Å². The molecule has 3 rings (SSSR count). The number of hydrogen-bond acceptors (Lipinski definition) is 3. The van der Waals surface area contributed by atoms with Crippen LogP contribution in [0.2, 0.25) is 18.1 Å². The van der Waals surface area contributed by atoms with E-state index in [0.29, 0.717) is 28.7 Å². The quantitative estimate of drug-likeness (QED) is 0.533. The fraction of sp³-hybridized carbons (Fsp3) is 0.455. The molecule has 0 radical (unpaired) electrons. The highest BCUT2D eigenvalue weighted by Gasteiger charge is 2.43. The van der Waals surface area contributed by atoms with E-state index < -0.39 is 8.32 Å². The first-order chi connectivity index (χ1) is 12.0. The molecule has 2 aliphatic rings. The monoisotopic (exact) mass is 368 g/mol. The number of Topliss-reactive ketones (excluding diaryl/α,β-unsaturated/α-hetero) is 2. The van der Waals surface area contributed by atoms with Crippen LogP contribution in [0.3, 0.4) is 0 Å². The highest BCUT2D eigenvalue weighted by Crippen LogP contribution is 2.41. The summed E-state index contributed by atoms with van der Waals surface area (Å²) in [6.45, 7) is 13.1. The molecule has 0 saturated heterocycles. The molecule has 26 heavy (non-hydrogen) atoms. The third-order valence-electron chi connectivity index (χ3n) is 6.05. The van der Waals surface area contributed by atoms with Crippen LogP contribution in [0, 0.1) is 5.92 Å². The van der Waals surface area contributed by atoms with E-state index in [2.05, 4.69) is 39.9 Å². The zero-order valence-electron chi connectivity index (χ0n) is 16.6. The number of benzene rings is 1. The van der Waals surface area contributed by atoms with Crippen molar-refractivity contribution in [1.82, 2.24) is 0 Å². The average Bonchev–Trinajstić information content (AvgIpc) is 2.57. The van der Waals surface area contributed by atoms with E-state index in [0.717, 1.165) is 0 Å². The van der Waals surface area contributed by atoms with Gasteiger partial charge in [-0.15, -0.1) is 0 Å². The molecule has 0 amide bonds. The summed E-state index contributed by atoms with van der Waals surface area (Å²) in [5, 5.41) is 0.0931. The van der Waals surface area contributed by atoms with Crippen molar-refractivity contribution in [3.05, 3.63) is 58.7 Å². The lowest BCUT2D eigenvalue weighted by atomic mass is 9.74. The predicted octanol–water partition coefficient (Wildman–Crippen LogP) is 5.35. The maximum absolute atomic E-state index is 13.2. The first-order valence-corrected chi connectivity index (χ1v) is 12.2. The van der Waals surface area contributed by atoms with Gasteiger partial charge in [0.25, 0.3) is 0 Å². The Labute approximate surface area is 157 Å². The van der Waals surface area contributed by atoms with Crippen molar-refractivity contribution in [1.29, 1.82) is 0 Å². The molecule has 2 atom stereocenters. The minimum atomic E-state index is -1.97. The van der Waals surface area contributed by atoms with Crippen molar-refractivity contribution in [2.24, 2.45) is 5.92 Å². The van der Waals surface area contributed by atoms with Crippen LogP contribution >= 0.6 is 0 Å². The highest BCUT2D eigenvalue weighted by molar-refractivity contribution is 6.74. The second-order valence-corrected chi connectivity index (χ2v) is 13.6. The van der Waals surface area contributed by atoms with Crippen molar-refractivity contribution >= 4 is 19.9 Å². The van der Waals surface area contributed by atoms with Gasteiger partial charge in [0.05, 0.1) is 6.10 Å². The van der Waals surface area contributed by atoms with Crippen LogP contribution in [0.4, 0.5) is 0 Å². The van der Waals surface area contributed by atoms with Crippen molar-refractivity contribution in [3.63, 3.8) is 0 Å². The SMILES string of the molecule is C[C@@H](O[Si](C)(C)C(C)(C)C)[C@H]1C=CCC2=C1C(=O)c1ccccc1C2=O. The van der Waals surface area contributed by atoms with E-state index in [1.165, 1.54) is 0 Å². The third kappa shape index (κ3) is 3.05. The van der Waals surface area contributed by atoms with Crippen LogP contribution in [0.1, 0.15) is 54.8 Å². The second-order valence-electron chi connectivity index (χ2n) is 8.84. The summed E-state index contributed by atoms with van der Waals surface area (Å²) in [6, 6.07) is 7.14. The standard InChI is InChI=1S/C22H28O3Si/c1-14(25-26(5,6)22(2,3)4)15-12-9-13-18-19(15)21(24)17-11-8-7-10-16(17)20(18)23/h7-12,14-15H,13H2,1-6H3/t14-,15-/m1/s1. The number of allylic oxidation sites excluding steroid dienone is 2. The Morgan fingerprint density at radius 3 is 2.23 bits per heavy atom. The van der Waals surface area contributed by atoms with Crippen molar-refractivity contribution in [2.75, 3.05) is 0 Å². The first kappa shape index (κ1) is 19.0. The number of fused-ring (bicyclic) bond motifs is 1. The largest absolute Gasteiger partial charge is 0.413 e. The van der Waals surface area contributed by atoms with Crippen LogP contribution in [0.25, 0.3) is 0 Å². The van der Waals surface area contributed by atoms with Gasteiger partial charge in [-0.25, -0.2) is 0 Å². The Morgan fingerprint density at radius 2 is 1.65 bits per heavy atom. The van der Waals surface area contributed by atoms with Gasteiger partial charge in [-0.05, 0) is 31.5 Å². The number of rotatable bonds is 3. The molecule has 0 N–H and O–H groups in total. The predicted molar refractivity (Wildman–Crippen MR) is 107 cm³/mol. The Balaban J connectivity index is 1.98. The van der Waals surface area contributed by atoms with Gasteiger partial charge in [-0.1, -0.05) is 57.2 Å². The topological polar surface area (TPSA) is 43.4 Å². The van der Waals surface area contributed by atoms with Gasteiger partial charge >= 0.3 is 0 Å². The highest BCUT2D eigenvalue weighted by atomic mass is 28.4. The molecule has 138 valence electrons. The molecule has 4 heteroatoms. The van der Waals surface area contributed by atoms with Gasteiger partial charge in [0.1, 0.15) is 0 Å². The van der Waals surface area contributed by atoms with Gasteiger partial charge in [0, 0.05) is 28.2 Å². The smallest absolute Gasteiger partial charge is 0.192 e. The molecular formula is C22H28O3Si. The van der Waals surface area contributed by atoms with Crippen LogP contribution in [0.5, 0.6) is 0 Å². The van der Waals surface area contributed by atoms with E-state index >= 15 is 0 Å². The molecule has 1 aromatic carbocycles. The fourth-order valence-corrected chi connectivity index (χ4v) is 4.97. The maximum atomic E-state index is 13.2. The van der Waals surface area contributed by atoms with Crippen LogP contribution in [0.15, 0.2) is 47.6 Å². The van der Waals surface area contributed by atoms with Crippen molar-refractivity contribution in [2.45, 2.75) is 58.4 Å². The van der Waals surface area contributed by atoms with E-state index in [1.54, 1.807) is 12.1 Å². The summed E-state index contributed by atoms with van der Waals surface area (Å²) in [4.78, 5) is 26.1. The summed E-state index contributed by atoms with van der Waals surface area (Å²) >= 11 is 0. The Hall–Kier alpha value is -1.78. The molecule has 0 spiro atoms. The number of hydrogen-bond donors (Lipinski definition) is 0. The second kappa shape index (κ2) is 6.43. The van der Waals surface area contributed by atoms with E-state index in [4.69, 9.17) is 4.43 Å². The number of carbonyl (C=O) groups is 2.